The smallest absolute Gasteiger partial charge is 0.332 e. The summed E-state index contributed by atoms with van der Waals surface area (Å²) in [5.41, 5.74) is 6.57. The fourth-order valence-corrected chi connectivity index (χ4v) is 1.58. The van der Waals surface area contributed by atoms with Gasteiger partial charge in [-0.15, -0.1) is 0 Å². The maximum absolute atomic E-state index is 11.9. The molecule has 3 N–H and O–H groups in total. The Labute approximate surface area is 135 Å². The van der Waals surface area contributed by atoms with Crippen LogP contribution in [0, 0.1) is 0 Å². The van der Waals surface area contributed by atoms with E-state index in [1.54, 1.807) is 45.0 Å². The van der Waals surface area contributed by atoms with E-state index >= 15 is 0 Å². The second kappa shape index (κ2) is 9.24. The van der Waals surface area contributed by atoms with Crippen LogP contribution in [0.15, 0.2) is 36.0 Å². The van der Waals surface area contributed by atoms with Crippen LogP contribution in [0.2, 0.25) is 0 Å². The summed E-state index contributed by atoms with van der Waals surface area (Å²) in [7, 11) is 0. The van der Waals surface area contributed by atoms with Gasteiger partial charge in [-0.3, -0.25) is 15.0 Å². The molecule has 1 aromatic carbocycles. The average Bonchev–Trinajstić information content (AvgIpc) is 2.53. The first-order valence-corrected chi connectivity index (χ1v) is 7.27. The molecule has 0 aliphatic rings. The fourth-order valence-electron chi connectivity index (χ4n) is 1.58. The summed E-state index contributed by atoms with van der Waals surface area (Å²) in [5, 5.41) is 2.69. The van der Waals surface area contributed by atoms with Crippen molar-refractivity contribution in [2.75, 3.05) is 11.9 Å². The van der Waals surface area contributed by atoms with Crippen LogP contribution < -0.4 is 16.2 Å². The maximum Gasteiger partial charge on any atom is 0.332 e. The van der Waals surface area contributed by atoms with Crippen molar-refractivity contribution in [1.82, 2.24) is 10.9 Å². The van der Waals surface area contributed by atoms with E-state index in [-0.39, 0.29) is 18.4 Å². The molecule has 7 nitrogen and oxygen atoms in total. The Kier molecular flexibility index (Phi) is 7.32. The summed E-state index contributed by atoms with van der Waals surface area (Å²) in [6.07, 6.45) is 1.63. The lowest BCUT2D eigenvalue weighted by atomic mass is 10.2. The van der Waals surface area contributed by atoms with Crippen LogP contribution in [0.25, 0.3) is 0 Å². The summed E-state index contributed by atoms with van der Waals surface area (Å²) >= 11 is 0. The van der Waals surface area contributed by atoms with Crippen molar-refractivity contribution in [3.8, 4) is 0 Å². The largest absolute Gasteiger partial charge is 0.463 e. The van der Waals surface area contributed by atoms with Crippen LogP contribution in [0.1, 0.15) is 37.6 Å². The van der Waals surface area contributed by atoms with E-state index in [1.807, 2.05) is 0 Å². The van der Waals surface area contributed by atoms with Crippen molar-refractivity contribution < 1.29 is 19.1 Å². The van der Waals surface area contributed by atoms with Gasteiger partial charge in [0.15, 0.2) is 0 Å². The molecule has 0 radical (unpaired) electrons. The molecule has 0 aliphatic carbocycles. The summed E-state index contributed by atoms with van der Waals surface area (Å²) < 4.78 is 4.76. The lowest BCUT2D eigenvalue weighted by molar-refractivity contribution is -0.137. The van der Waals surface area contributed by atoms with E-state index in [1.165, 1.54) is 6.08 Å². The van der Waals surface area contributed by atoms with Crippen LogP contribution in [0.3, 0.4) is 0 Å². The van der Waals surface area contributed by atoms with E-state index in [0.29, 0.717) is 23.4 Å². The van der Waals surface area contributed by atoms with E-state index in [9.17, 15) is 14.4 Å². The molecule has 23 heavy (non-hydrogen) atoms. The van der Waals surface area contributed by atoms with Crippen LogP contribution in [0.5, 0.6) is 0 Å². The molecular formula is C16H21N3O4. The van der Waals surface area contributed by atoms with Gasteiger partial charge in [-0.25, -0.2) is 4.79 Å². The number of anilines is 1. The van der Waals surface area contributed by atoms with E-state index in [0.717, 1.165) is 0 Å². The highest BCUT2D eigenvalue weighted by molar-refractivity contribution is 5.95. The molecular weight excluding hydrogens is 298 g/mol. The minimum absolute atomic E-state index is 0.0939. The normalized spacial score (nSPS) is 10.7. The number of carbonyl (C=O) groups is 3. The van der Waals surface area contributed by atoms with Gasteiger partial charge in [-0.1, -0.05) is 6.92 Å². The predicted octanol–water partition coefficient (Wildman–Crippen LogP) is 1.74. The Morgan fingerprint density at radius 1 is 1.09 bits per heavy atom. The topological polar surface area (TPSA) is 96.5 Å². The number of nitrogens with one attached hydrogen (secondary N) is 3. The molecule has 0 aliphatic heterocycles. The van der Waals surface area contributed by atoms with Gasteiger partial charge in [-0.05, 0) is 38.1 Å². The molecule has 0 aromatic heterocycles. The first-order valence-electron chi connectivity index (χ1n) is 7.27. The lowest BCUT2D eigenvalue weighted by Gasteiger charge is -2.09. The number of allylic oxidation sites excluding steroid dienone is 1. The minimum Gasteiger partial charge on any atom is -0.463 e. The molecule has 7 heteroatoms. The van der Waals surface area contributed by atoms with E-state index in [2.05, 4.69) is 16.2 Å². The van der Waals surface area contributed by atoms with E-state index < -0.39 is 5.97 Å². The first kappa shape index (κ1) is 18.2. The van der Waals surface area contributed by atoms with E-state index in [4.69, 9.17) is 4.74 Å². The van der Waals surface area contributed by atoms with Gasteiger partial charge in [0.25, 0.3) is 5.91 Å². The third-order valence-corrected chi connectivity index (χ3v) is 2.75. The van der Waals surface area contributed by atoms with Crippen molar-refractivity contribution in [3.63, 3.8) is 0 Å². The fraction of sp³-hybridized carbons (Fsp3) is 0.312. The number of benzene rings is 1. The molecule has 0 bridgehead atoms. The van der Waals surface area contributed by atoms with Crippen molar-refractivity contribution in [1.29, 1.82) is 0 Å². The maximum atomic E-state index is 11.9. The van der Waals surface area contributed by atoms with Crippen LogP contribution in [-0.4, -0.2) is 24.4 Å². The number of hydrazine groups is 1. The third kappa shape index (κ3) is 6.64. The monoisotopic (exact) mass is 319 g/mol. The Morgan fingerprint density at radius 3 is 2.30 bits per heavy atom. The molecule has 124 valence electrons. The minimum atomic E-state index is -0.484. The number of hydrogen-bond acceptors (Lipinski definition) is 5. The molecule has 0 atom stereocenters. The van der Waals surface area contributed by atoms with Gasteiger partial charge in [0, 0.05) is 29.4 Å². The quantitative estimate of drug-likeness (QED) is 0.404. The molecule has 1 aromatic rings. The number of rotatable bonds is 7. The first-order chi connectivity index (χ1) is 11.0. The predicted molar refractivity (Wildman–Crippen MR) is 86.4 cm³/mol. The molecule has 1 rings (SSSR count). The SMILES string of the molecule is CCOC(=O)C=C(C)NNC(=O)c1ccc(NC(=O)CC)cc1. The van der Waals surface area contributed by atoms with Crippen molar-refractivity contribution >= 4 is 23.5 Å². The van der Waals surface area contributed by atoms with Crippen LogP contribution >= 0.6 is 0 Å². The molecule has 2 amide bonds. The zero-order valence-corrected chi connectivity index (χ0v) is 13.4. The number of carbonyl (C=O) groups excluding carboxylic acids is 3. The highest BCUT2D eigenvalue weighted by Gasteiger charge is 2.06. The highest BCUT2D eigenvalue weighted by Crippen LogP contribution is 2.09. The average molecular weight is 319 g/mol. The molecule has 0 saturated heterocycles. The zero-order chi connectivity index (χ0) is 17.2. The highest BCUT2D eigenvalue weighted by atomic mass is 16.5. The van der Waals surface area contributed by atoms with Gasteiger partial charge in [0.05, 0.1) is 6.61 Å². The van der Waals surface area contributed by atoms with Gasteiger partial charge < -0.3 is 15.5 Å². The molecule has 0 fully saturated rings. The number of esters is 1. The molecule has 0 saturated carbocycles. The van der Waals surface area contributed by atoms with Gasteiger partial charge in [-0.2, -0.15) is 0 Å². The Bertz CT molecular complexity index is 594. The number of hydrogen-bond donors (Lipinski definition) is 3. The molecule has 0 unspecified atom stereocenters. The summed E-state index contributed by atoms with van der Waals surface area (Å²) in [4.78, 5) is 34.4. The van der Waals surface area contributed by atoms with Gasteiger partial charge in [0.1, 0.15) is 0 Å². The van der Waals surface area contributed by atoms with Gasteiger partial charge >= 0.3 is 5.97 Å². The van der Waals surface area contributed by atoms with Crippen molar-refractivity contribution in [2.24, 2.45) is 0 Å². The van der Waals surface area contributed by atoms with Crippen LogP contribution in [0.4, 0.5) is 5.69 Å². The second-order valence-electron chi connectivity index (χ2n) is 4.64. The standard InChI is InChI=1S/C16H21N3O4/c1-4-14(20)17-13-8-6-12(7-9-13)16(22)19-18-11(3)10-15(21)23-5-2/h6-10,18H,4-5H2,1-3H3,(H,17,20)(H,19,22). The number of ether oxygens (including phenoxy) is 1. The summed E-state index contributed by atoms with van der Waals surface area (Å²) in [6, 6.07) is 6.47. The lowest BCUT2D eigenvalue weighted by Crippen LogP contribution is -2.36. The van der Waals surface area contributed by atoms with Gasteiger partial charge in [0.2, 0.25) is 5.91 Å². The third-order valence-electron chi connectivity index (χ3n) is 2.75. The second-order valence-corrected chi connectivity index (χ2v) is 4.64. The Hall–Kier alpha value is -2.83. The summed E-state index contributed by atoms with van der Waals surface area (Å²) in [5.74, 6) is -0.943. The zero-order valence-electron chi connectivity index (χ0n) is 13.4. The molecule has 0 spiro atoms. The van der Waals surface area contributed by atoms with Crippen LogP contribution in [-0.2, 0) is 14.3 Å². The summed E-state index contributed by atoms with van der Waals surface area (Å²) in [6.45, 7) is 5.38. The molecule has 0 heterocycles. The van der Waals surface area contributed by atoms with Crippen molar-refractivity contribution in [3.05, 3.63) is 41.6 Å². The Morgan fingerprint density at radius 2 is 1.74 bits per heavy atom. The van der Waals surface area contributed by atoms with Crippen molar-refractivity contribution in [2.45, 2.75) is 27.2 Å². The Balaban J connectivity index is 2.55. The number of amides is 2.